The van der Waals surface area contributed by atoms with Gasteiger partial charge in [-0.1, -0.05) is 35.3 Å². The van der Waals surface area contributed by atoms with Crippen molar-refractivity contribution in [3.63, 3.8) is 0 Å². The molecule has 3 rings (SSSR count). The Balaban J connectivity index is 2.28. The van der Waals surface area contributed by atoms with Crippen LogP contribution in [-0.4, -0.2) is 9.97 Å². The first-order valence-corrected chi connectivity index (χ1v) is 6.80. The predicted octanol–water partition coefficient (Wildman–Crippen LogP) is 4.49. The lowest BCUT2D eigenvalue weighted by molar-refractivity contribution is 1.23. The van der Waals surface area contributed by atoms with E-state index < -0.39 is 0 Å². The van der Waals surface area contributed by atoms with Gasteiger partial charge in [0.1, 0.15) is 5.82 Å². The molecule has 3 nitrogen and oxygen atoms in total. The Bertz CT molecular complexity index is 816. The van der Waals surface area contributed by atoms with E-state index in [-0.39, 0.29) is 0 Å². The SMILES string of the molecule is Cc1cccc(-c2nc(N)c3cc(Cl)ccc3n2)c1Cl. The van der Waals surface area contributed by atoms with E-state index in [2.05, 4.69) is 9.97 Å². The number of aromatic nitrogens is 2. The molecular weight excluding hydrogens is 293 g/mol. The van der Waals surface area contributed by atoms with Gasteiger partial charge in [0.05, 0.1) is 10.5 Å². The summed E-state index contributed by atoms with van der Waals surface area (Å²) in [7, 11) is 0. The minimum atomic E-state index is 0.394. The van der Waals surface area contributed by atoms with Gasteiger partial charge in [-0.25, -0.2) is 9.97 Å². The van der Waals surface area contributed by atoms with Crippen molar-refractivity contribution in [3.8, 4) is 11.4 Å². The fourth-order valence-corrected chi connectivity index (χ4v) is 2.45. The predicted molar refractivity (Wildman–Crippen MR) is 84.1 cm³/mol. The highest BCUT2D eigenvalue weighted by atomic mass is 35.5. The van der Waals surface area contributed by atoms with Gasteiger partial charge in [-0.15, -0.1) is 0 Å². The Morgan fingerprint density at radius 3 is 2.65 bits per heavy atom. The van der Waals surface area contributed by atoms with Gasteiger partial charge in [-0.2, -0.15) is 0 Å². The van der Waals surface area contributed by atoms with Gasteiger partial charge in [-0.3, -0.25) is 0 Å². The van der Waals surface area contributed by atoms with Crippen LogP contribution >= 0.6 is 23.2 Å². The summed E-state index contributed by atoms with van der Waals surface area (Å²) in [6.07, 6.45) is 0. The van der Waals surface area contributed by atoms with E-state index in [0.717, 1.165) is 22.0 Å². The number of hydrogen-bond acceptors (Lipinski definition) is 3. The van der Waals surface area contributed by atoms with Crippen LogP contribution in [0.4, 0.5) is 5.82 Å². The molecule has 1 heterocycles. The average molecular weight is 304 g/mol. The summed E-state index contributed by atoms with van der Waals surface area (Å²) in [5, 5.41) is 1.99. The first-order valence-electron chi connectivity index (χ1n) is 6.04. The van der Waals surface area contributed by atoms with E-state index in [9.17, 15) is 0 Å². The number of benzene rings is 2. The Morgan fingerprint density at radius 1 is 1.05 bits per heavy atom. The molecule has 0 spiro atoms. The lowest BCUT2D eigenvalue weighted by Gasteiger charge is -2.08. The van der Waals surface area contributed by atoms with E-state index in [1.165, 1.54) is 0 Å². The molecule has 0 aliphatic rings. The van der Waals surface area contributed by atoms with Crippen LogP contribution in [0.5, 0.6) is 0 Å². The average Bonchev–Trinajstić information content (AvgIpc) is 2.42. The highest BCUT2D eigenvalue weighted by Crippen LogP contribution is 2.31. The smallest absolute Gasteiger partial charge is 0.163 e. The third-order valence-electron chi connectivity index (χ3n) is 3.12. The summed E-state index contributed by atoms with van der Waals surface area (Å²) in [4.78, 5) is 8.85. The van der Waals surface area contributed by atoms with E-state index in [4.69, 9.17) is 28.9 Å². The molecule has 0 aliphatic carbocycles. The number of anilines is 1. The summed E-state index contributed by atoms with van der Waals surface area (Å²) in [6, 6.07) is 11.1. The zero-order chi connectivity index (χ0) is 14.3. The topological polar surface area (TPSA) is 51.8 Å². The summed E-state index contributed by atoms with van der Waals surface area (Å²) in [6.45, 7) is 1.94. The van der Waals surface area contributed by atoms with Gasteiger partial charge in [0.25, 0.3) is 0 Å². The van der Waals surface area contributed by atoms with Gasteiger partial charge in [0.2, 0.25) is 0 Å². The van der Waals surface area contributed by atoms with Crippen LogP contribution in [0.25, 0.3) is 22.3 Å². The maximum atomic E-state index is 6.31. The molecule has 100 valence electrons. The van der Waals surface area contributed by atoms with Gasteiger partial charge in [0.15, 0.2) is 5.82 Å². The first kappa shape index (κ1) is 13.2. The molecule has 0 saturated heterocycles. The third-order valence-corrected chi connectivity index (χ3v) is 3.86. The minimum absolute atomic E-state index is 0.394. The number of nitrogen functional groups attached to an aromatic ring is 1. The number of nitrogens with two attached hydrogens (primary N) is 1. The molecule has 0 fully saturated rings. The minimum Gasteiger partial charge on any atom is -0.383 e. The zero-order valence-corrected chi connectivity index (χ0v) is 12.2. The molecule has 2 aromatic carbocycles. The van der Waals surface area contributed by atoms with Gasteiger partial charge >= 0.3 is 0 Å². The number of fused-ring (bicyclic) bond motifs is 1. The lowest BCUT2D eigenvalue weighted by atomic mass is 10.1. The van der Waals surface area contributed by atoms with E-state index in [0.29, 0.717) is 21.7 Å². The zero-order valence-electron chi connectivity index (χ0n) is 10.7. The van der Waals surface area contributed by atoms with E-state index >= 15 is 0 Å². The molecule has 0 saturated carbocycles. The van der Waals surface area contributed by atoms with Gasteiger partial charge in [0, 0.05) is 16.0 Å². The normalized spacial score (nSPS) is 10.9. The maximum absolute atomic E-state index is 6.31. The fraction of sp³-hybridized carbons (Fsp3) is 0.0667. The quantitative estimate of drug-likeness (QED) is 0.720. The Morgan fingerprint density at radius 2 is 1.85 bits per heavy atom. The van der Waals surface area contributed by atoms with Crippen molar-refractivity contribution < 1.29 is 0 Å². The lowest BCUT2D eigenvalue weighted by Crippen LogP contribution is -1.98. The molecular formula is C15H11Cl2N3. The summed E-state index contributed by atoms with van der Waals surface area (Å²) in [5.41, 5.74) is 8.49. The molecule has 1 aromatic heterocycles. The molecule has 5 heteroatoms. The molecule has 0 atom stereocenters. The number of aryl methyl sites for hydroxylation is 1. The highest BCUT2D eigenvalue weighted by molar-refractivity contribution is 6.34. The van der Waals surface area contributed by atoms with Gasteiger partial charge < -0.3 is 5.73 Å². The van der Waals surface area contributed by atoms with E-state index in [1.54, 1.807) is 12.1 Å². The van der Waals surface area contributed by atoms with Crippen LogP contribution in [0, 0.1) is 6.92 Å². The monoisotopic (exact) mass is 303 g/mol. The summed E-state index contributed by atoms with van der Waals surface area (Å²) in [5.74, 6) is 0.913. The van der Waals surface area contributed by atoms with Crippen molar-refractivity contribution in [2.75, 3.05) is 5.73 Å². The Labute approximate surface area is 126 Å². The van der Waals surface area contributed by atoms with Crippen molar-refractivity contribution in [3.05, 3.63) is 52.0 Å². The molecule has 0 amide bonds. The highest BCUT2D eigenvalue weighted by Gasteiger charge is 2.11. The van der Waals surface area contributed by atoms with Crippen LogP contribution in [-0.2, 0) is 0 Å². The molecule has 20 heavy (non-hydrogen) atoms. The molecule has 0 radical (unpaired) electrons. The van der Waals surface area contributed by atoms with Crippen molar-refractivity contribution >= 4 is 39.9 Å². The van der Waals surface area contributed by atoms with Gasteiger partial charge in [-0.05, 0) is 36.8 Å². The molecule has 3 aromatic rings. The number of rotatable bonds is 1. The number of nitrogens with zero attached hydrogens (tertiary/aromatic N) is 2. The van der Waals surface area contributed by atoms with Crippen molar-refractivity contribution in [2.24, 2.45) is 0 Å². The van der Waals surface area contributed by atoms with Crippen LogP contribution in [0.15, 0.2) is 36.4 Å². The largest absolute Gasteiger partial charge is 0.383 e. The summed E-state index contributed by atoms with van der Waals surface area (Å²) < 4.78 is 0. The number of hydrogen-bond donors (Lipinski definition) is 1. The number of halogens is 2. The Kier molecular flexibility index (Phi) is 3.24. The van der Waals surface area contributed by atoms with Crippen LogP contribution in [0.3, 0.4) is 0 Å². The summed E-state index contributed by atoms with van der Waals surface area (Å²) >= 11 is 12.3. The second-order valence-electron chi connectivity index (χ2n) is 4.53. The van der Waals surface area contributed by atoms with Crippen molar-refractivity contribution in [1.82, 2.24) is 9.97 Å². The Hall–Kier alpha value is -1.84. The standard InChI is InChI=1S/C15H11Cl2N3/c1-8-3-2-4-10(13(8)17)15-19-12-6-5-9(16)7-11(12)14(18)20-15/h2-7H,1H3,(H2,18,19,20). The third kappa shape index (κ3) is 2.19. The first-order chi connectivity index (χ1) is 9.56. The van der Waals surface area contributed by atoms with Crippen LogP contribution in [0.2, 0.25) is 10.0 Å². The second kappa shape index (κ2) is 4.93. The molecule has 0 bridgehead atoms. The maximum Gasteiger partial charge on any atom is 0.163 e. The molecule has 0 unspecified atom stereocenters. The van der Waals surface area contributed by atoms with Crippen molar-refractivity contribution in [2.45, 2.75) is 6.92 Å². The molecule has 0 aliphatic heterocycles. The van der Waals surface area contributed by atoms with Crippen LogP contribution in [0.1, 0.15) is 5.56 Å². The van der Waals surface area contributed by atoms with E-state index in [1.807, 2.05) is 31.2 Å². The fourth-order valence-electron chi connectivity index (χ4n) is 2.06. The molecule has 2 N–H and O–H groups in total. The second-order valence-corrected chi connectivity index (χ2v) is 5.34. The van der Waals surface area contributed by atoms with Crippen LogP contribution < -0.4 is 5.73 Å². The van der Waals surface area contributed by atoms with Crippen molar-refractivity contribution in [1.29, 1.82) is 0 Å².